The number of primary amides is 1. The van der Waals surface area contributed by atoms with Gasteiger partial charge in [-0.1, -0.05) is 18.2 Å². The Morgan fingerprint density at radius 1 is 1.18 bits per heavy atom. The number of fused-ring (bicyclic) bond motifs is 1. The van der Waals surface area contributed by atoms with E-state index in [4.69, 9.17) is 10.5 Å². The molecule has 0 radical (unpaired) electrons. The molecule has 2 aromatic carbocycles. The van der Waals surface area contributed by atoms with Gasteiger partial charge in [-0.05, 0) is 29.8 Å². The van der Waals surface area contributed by atoms with E-state index in [-0.39, 0.29) is 5.75 Å². The Hall–Kier alpha value is -3.96. The summed E-state index contributed by atoms with van der Waals surface area (Å²) in [7, 11) is -1.66. The smallest absolute Gasteiger partial charge is 0.334 e. The second-order valence-electron chi connectivity index (χ2n) is 7.50. The number of nitrogens with two attached hydrogens (primary N) is 2. The largest absolute Gasteiger partial charge is 0.491 e. The maximum Gasteiger partial charge on any atom is 0.334 e. The summed E-state index contributed by atoms with van der Waals surface area (Å²) in [5.41, 5.74) is 8.28. The number of H-pyrrole nitrogens is 1. The normalized spacial score (nSPS) is 11.5. The van der Waals surface area contributed by atoms with Gasteiger partial charge in [0.1, 0.15) is 11.5 Å². The van der Waals surface area contributed by atoms with E-state index in [9.17, 15) is 13.2 Å². The first-order valence-electron chi connectivity index (χ1n) is 9.94. The number of carbonyl (C=O) groups is 1. The van der Waals surface area contributed by atoms with Gasteiger partial charge in [-0.15, -0.1) is 0 Å². The van der Waals surface area contributed by atoms with Gasteiger partial charge in [0.2, 0.25) is 0 Å². The summed E-state index contributed by atoms with van der Waals surface area (Å²) in [6, 6.07) is 13.9. The number of methoxy groups -OCH3 is 1. The Balaban J connectivity index is 1.70. The van der Waals surface area contributed by atoms with E-state index in [1.807, 2.05) is 6.07 Å². The number of hydrogen-bond acceptors (Lipinski definition) is 7. The quantitative estimate of drug-likeness (QED) is 0.288. The summed E-state index contributed by atoms with van der Waals surface area (Å²) in [5, 5.41) is 5.65. The fourth-order valence-electron chi connectivity index (χ4n) is 3.46. The number of anilines is 2. The van der Waals surface area contributed by atoms with Crippen LogP contribution in [0.5, 0.6) is 5.75 Å². The molecule has 0 bridgehead atoms. The molecular weight excluding hydrogens is 444 g/mol. The number of sulfone groups is 1. The molecule has 0 saturated heterocycles. The summed E-state index contributed by atoms with van der Waals surface area (Å²) in [4.78, 5) is 24.0. The van der Waals surface area contributed by atoms with Gasteiger partial charge >= 0.3 is 5.95 Å². The number of benzene rings is 2. The van der Waals surface area contributed by atoms with Crippen LogP contribution in [0.15, 0.2) is 54.7 Å². The minimum atomic E-state index is -3.17. The van der Waals surface area contributed by atoms with Crippen molar-refractivity contribution in [3.63, 3.8) is 0 Å². The molecule has 2 heterocycles. The van der Waals surface area contributed by atoms with Crippen molar-refractivity contribution >= 4 is 49.9 Å². The molecule has 0 saturated carbocycles. The van der Waals surface area contributed by atoms with Crippen LogP contribution in [0.4, 0.5) is 23.1 Å². The highest BCUT2D eigenvalue weighted by atomic mass is 32.2. The summed E-state index contributed by atoms with van der Waals surface area (Å²) < 4.78 is 28.7. The van der Waals surface area contributed by atoms with Gasteiger partial charge in [-0.25, -0.2) is 13.7 Å². The Morgan fingerprint density at radius 2 is 1.97 bits per heavy atom. The monoisotopic (exact) mass is 467 g/mol. The summed E-state index contributed by atoms with van der Waals surface area (Å²) >= 11 is 0. The van der Waals surface area contributed by atoms with Crippen molar-refractivity contribution in [3.05, 3.63) is 65.9 Å². The van der Waals surface area contributed by atoms with Crippen LogP contribution < -0.4 is 21.1 Å². The van der Waals surface area contributed by atoms with Crippen molar-refractivity contribution < 1.29 is 23.3 Å². The number of rotatable bonds is 8. The number of carbonyl (C=O) groups excluding carboxylic acids is 1. The van der Waals surface area contributed by atoms with E-state index >= 15 is 0 Å². The van der Waals surface area contributed by atoms with Crippen LogP contribution in [0, 0.1) is 0 Å². The van der Waals surface area contributed by atoms with Crippen LogP contribution in [-0.4, -0.2) is 42.6 Å². The number of nitrogens with one attached hydrogen (secondary N) is 2. The highest BCUT2D eigenvalue weighted by Crippen LogP contribution is 2.27. The Bertz CT molecular complexity index is 1450. The van der Waals surface area contributed by atoms with Crippen molar-refractivity contribution in [1.82, 2.24) is 15.0 Å². The molecule has 0 spiro atoms. The fraction of sp³-hybridized carbons (Fsp3) is 0.136. The average molecular weight is 468 g/mol. The first kappa shape index (κ1) is 22.2. The number of quaternary nitrogens is 1. The topological polar surface area (TPSA) is 157 Å². The first-order valence-corrected chi connectivity index (χ1v) is 12.0. The highest BCUT2D eigenvalue weighted by molar-refractivity contribution is 7.89. The predicted molar refractivity (Wildman–Crippen MR) is 125 cm³/mol. The van der Waals surface area contributed by atoms with E-state index < -0.39 is 15.7 Å². The molecule has 4 aromatic rings. The van der Waals surface area contributed by atoms with Crippen LogP contribution in [0.3, 0.4) is 0 Å². The predicted octanol–water partition coefficient (Wildman–Crippen LogP) is 1.88. The number of hydrogen-bond donors (Lipinski definition) is 4. The zero-order chi connectivity index (χ0) is 23.6. The molecule has 11 heteroatoms. The van der Waals surface area contributed by atoms with Gasteiger partial charge in [-0.2, -0.15) is 9.97 Å². The molecule has 4 rings (SSSR count). The van der Waals surface area contributed by atoms with Crippen LogP contribution in [0.25, 0.3) is 11.0 Å². The molecule has 0 aliphatic heterocycles. The van der Waals surface area contributed by atoms with Crippen LogP contribution >= 0.6 is 0 Å². The van der Waals surface area contributed by atoms with Gasteiger partial charge in [-0.3, -0.25) is 4.79 Å². The summed E-state index contributed by atoms with van der Waals surface area (Å²) in [6.45, 7) is 0. The molecule has 0 aliphatic rings. The zero-order valence-corrected chi connectivity index (χ0v) is 18.8. The Labute approximate surface area is 190 Å². The molecule has 6 N–H and O–H groups in total. The standard InChI is InChI=1S/C22H22N6O4S/c1-32-18-11-13(12-33(2,30)31)7-8-17(18)26-22-27-20-15(9-10-24-20)21(28-22)25-16-6-4-3-5-14(16)19(23)29/h3-11H,12H2,1-2H3,(H2,23,29)(H3,24,25,26,27,28)/p+1. The van der Waals surface area contributed by atoms with Crippen LogP contribution in [-0.2, 0) is 15.6 Å². The second kappa shape index (κ2) is 8.88. The van der Waals surface area contributed by atoms with Crippen LogP contribution in [0.2, 0.25) is 0 Å². The van der Waals surface area contributed by atoms with Gasteiger partial charge in [0, 0.05) is 18.5 Å². The van der Waals surface area contributed by atoms with E-state index in [1.54, 1.807) is 54.0 Å². The zero-order valence-electron chi connectivity index (χ0n) is 18.0. The minimum absolute atomic E-state index is 0.0814. The molecule has 10 nitrogen and oxygen atoms in total. The van der Waals surface area contributed by atoms with E-state index in [0.29, 0.717) is 45.7 Å². The van der Waals surface area contributed by atoms with Gasteiger partial charge in [0.15, 0.2) is 21.3 Å². The molecule has 170 valence electrons. The van der Waals surface area contributed by atoms with Gasteiger partial charge in [0.05, 0.1) is 29.5 Å². The molecule has 1 amide bonds. The minimum Gasteiger partial charge on any atom is -0.491 e. The Morgan fingerprint density at radius 3 is 2.70 bits per heavy atom. The average Bonchev–Trinajstić information content (AvgIpc) is 3.23. The number of para-hydroxylation sites is 1. The lowest BCUT2D eigenvalue weighted by Crippen LogP contribution is -2.72. The number of aromatic nitrogens is 3. The lowest BCUT2D eigenvalue weighted by atomic mass is 10.1. The molecular formula is C22H23N6O4S+. The molecule has 0 unspecified atom stereocenters. The third-order valence-electron chi connectivity index (χ3n) is 4.89. The summed E-state index contributed by atoms with van der Waals surface area (Å²) in [6.07, 6.45) is 2.93. The van der Waals surface area contributed by atoms with E-state index in [1.165, 1.54) is 13.4 Å². The maximum atomic E-state index is 11.8. The van der Waals surface area contributed by atoms with Crippen molar-refractivity contribution in [3.8, 4) is 5.75 Å². The molecule has 0 fully saturated rings. The lowest BCUT2D eigenvalue weighted by Gasteiger charge is -2.11. The van der Waals surface area contributed by atoms with Gasteiger partial charge < -0.3 is 20.8 Å². The number of amides is 1. The van der Waals surface area contributed by atoms with Crippen molar-refractivity contribution in [2.75, 3.05) is 18.7 Å². The number of nitrogens with zero attached hydrogens (tertiary/aromatic N) is 2. The van der Waals surface area contributed by atoms with Crippen LogP contribution in [0.1, 0.15) is 15.9 Å². The molecule has 2 aromatic heterocycles. The fourth-order valence-corrected chi connectivity index (χ4v) is 4.24. The third kappa shape index (κ3) is 5.10. The van der Waals surface area contributed by atoms with Crippen molar-refractivity contribution in [1.29, 1.82) is 0 Å². The first-order chi connectivity index (χ1) is 15.7. The van der Waals surface area contributed by atoms with Gasteiger partial charge in [0.25, 0.3) is 5.91 Å². The van der Waals surface area contributed by atoms with Crippen molar-refractivity contribution in [2.45, 2.75) is 5.75 Å². The third-order valence-corrected chi connectivity index (χ3v) is 5.75. The van der Waals surface area contributed by atoms with E-state index in [0.717, 1.165) is 5.39 Å². The van der Waals surface area contributed by atoms with Crippen molar-refractivity contribution in [2.24, 2.45) is 5.73 Å². The highest BCUT2D eigenvalue weighted by Gasteiger charge is 2.18. The SMILES string of the molecule is COc1cc(CS(C)(=O)=O)ccc1[NH2+]c1nc(Nc2ccccc2C(N)=O)c2cc[nH]c2n1. The number of aromatic amines is 1. The summed E-state index contributed by atoms with van der Waals surface area (Å²) in [5.74, 6) is 0.747. The lowest BCUT2D eigenvalue weighted by molar-refractivity contribution is -0.487. The molecule has 0 aliphatic carbocycles. The maximum absolute atomic E-state index is 11.8. The molecule has 0 atom stereocenters. The van der Waals surface area contributed by atoms with E-state index in [2.05, 4.69) is 20.3 Å². The Kier molecular flexibility index (Phi) is 5.99. The molecule has 33 heavy (non-hydrogen) atoms. The number of ether oxygens (including phenoxy) is 1. The second-order valence-corrected chi connectivity index (χ2v) is 9.64.